The summed E-state index contributed by atoms with van der Waals surface area (Å²) >= 11 is 0. The molecule has 0 N–H and O–H groups in total. The first kappa shape index (κ1) is 38.4. The van der Waals surface area contributed by atoms with Gasteiger partial charge in [0.1, 0.15) is 35.3 Å². The second kappa shape index (κ2) is 19.6. The summed E-state index contributed by atoms with van der Waals surface area (Å²) in [5.41, 5.74) is 0. The molecule has 194 valence electrons. The molecule has 0 spiro atoms. The molecule has 3 unspecified atom stereocenters. The van der Waals surface area contributed by atoms with Crippen LogP contribution in [0.25, 0.3) is 0 Å². The van der Waals surface area contributed by atoms with E-state index >= 15 is 0 Å². The van der Waals surface area contributed by atoms with Crippen molar-refractivity contribution in [2.75, 3.05) is 0 Å². The fourth-order valence-electron chi connectivity index (χ4n) is 2.40. The zero-order chi connectivity index (χ0) is 27.0. The molecule has 0 heterocycles. The van der Waals surface area contributed by atoms with Gasteiger partial charge in [0.2, 0.25) is 0 Å². The van der Waals surface area contributed by atoms with Crippen LogP contribution in [-0.2, 0) is 65.5 Å². The van der Waals surface area contributed by atoms with E-state index in [1.54, 1.807) is 20.8 Å². The standard InChI is InChI=1S/3C7H10O4.Au/c3*1-3-5(4(2)8)6(9)7(10)11;/h3*5H,3H2,1-2H3,(H,10,11);/q;;;+3/p-3. The number of Topliss-reactive ketones (excluding diaryl/α,β-unsaturated/α-hetero) is 6. The van der Waals surface area contributed by atoms with Crippen LogP contribution >= 0.6 is 0 Å². The second-order valence-electron chi connectivity index (χ2n) is 6.67. The molecule has 0 fully saturated rings. The minimum Gasteiger partial charge on any atom is -0.542 e. The number of hydrogen-bond acceptors (Lipinski definition) is 12. The molecule has 0 aromatic heterocycles. The Hall–Kier alpha value is -2.83. The molecule has 34 heavy (non-hydrogen) atoms. The Balaban J connectivity index is -0.000000196. The van der Waals surface area contributed by atoms with Crippen LogP contribution in [0.4, 0.5) is 0 Å². The Bertz CT molecular complexity index is 695. The predicted octanol–water partition coefficient (Wildman–Crippen LogP) is -3.24. The van der Waals surface area contributed by atoms with E-state index in [1.807, 2.05) is 0 Å². The normalized spacial score (nSPS) is 11.8. The summed E-state index contributed by atoms with van der Waals surface area (Å²) in [6.45, 7) is 8.30. The Morgan fingerprint density at radius 3 is 0.647 bits per heavy atom. The summed E-state index contributed by atoms with van der Waals surface area (Å²) in [5, 5.41) is 30.0. The molecule has 0 aromatic rings. The summed E-state index contributed by atoms with van der Waals surface area (Å²) in [4.78, 5) is 93.7. The van der Waals surface area contributed by atoms with Crippen LogP contribution in [0.1, 0.15) is 60.8 Å². The van der Waals surface area contributed by atoms with Crippen LogP contribution in [0.2, 0.25) is 0 Å². The fraction of sp³-hybridized carbons (Fsp3) is 0.571. The molecule has 0 aliphatic carbocycles. The number of rotatable bonds is 12. The summed E-state index contributed by atoms with van der Waals surface area (Å²) < 4.78 is 0. The van der Waals surface area contributed by atoms with E-state index in [-0.39, 0.29) is 41.6 Å². The topological polar surface area (TPSA) is 223 Å². The average molecular weight is 668 g/mol. The van der Waals surface area contributed by atoms with Crippen molar-refractivity contribution < 1.29 is 80.9 Å². The van der Waals surface area contributed by atoms with Gasteiger partial charge in [-0.2, -0.15) is 0 Å². The maximum atomic E-state index is 10.6. The van der Waals surface area contributed by atoms with Gasteiger partial charge in [-0.15, -0.1) is 0 Å². The number of carboxylic acid groups (broad SMARTS) is 3. The van der Waals surface area contributed by atoms with Gasteiger partial charge in [-0.1, -0.05) is 20.8 Å². The number of hydrogen-bond donors (Lipinski definition) is 0. The Labute approximate surface area is 212 Å². The third kappa shape index (κ3) is 15.1. The number of carboxylic acids is 3. The minimum atomic E-state index is -1.79. The van der Waals surface area contributed by atoms with Crippen molar-refractivity contribution >= 4 is 52.6 Å². The van der Waals surface area contributed by atoms with E-state index < -0.39 is 70.4 Å². The molecule has 3 atom stereocenters. The monoisotopic (exact) mass is 668 g/mol. The molecule has 0 aliphatic heterocycles. The molecule has 13 heteroatoms. The van der Waals surface area contributed by atoms with Gasteiger partial charge in [0.15, 0.2) is 17.3 Å². The summed E-state index contributed by atoms with van der Waals surface area (Å²) in [7, 11) is 0. The van der Waals surface area contributed by atoms with Gasteiger partial charge < -0.3 is 29.7 Å². The van der Waals surface area contributed by atoms with Gasteiger partial charge in [0, 0.05) is 0 Å². The van der Waals surface area contributed by atoms with Crippen LogP contribution < -0.4 is 15.3 Å². The number of aliphatic carboxylic acids is 3. The van der Waals surface area contributed by atoms with Crippen LogP contribution in [0.5, 0.6) is 0 Å². The maximum Gasteiger partial charge on any atom is 3.00 e. The molecule has 0 amide bonds. The molecule has 0 bridgehead atoms. The van der Waals surface area contributed by atoms with Crippen molar-refractivity contribution in [2.45, 2.75) is 60.8 Å². The van der Waals surface area contributed by atoms with Gasteiger partial charge in [-0.05, 0) is 40.0 Å². The molecule has 0 radical (unpaired) electrons. The van der Waals surface area contributed by atoms with Gasteiger partial charge >= 0.3 is 22.4 Å². The van der Waals surface area contributed by atoms with Gasteiger partial charge in [0.25, 0.3) is 0 Å². The molecule has 0 saturated carbocycles. The predicted molar refractivity (Wildman–Crippen MR) is 103 cm³/mol. The van der Waals surface area contributed by atoms with E-state index in [0.717, 1.165) is 0 Å². The molecule has 0 aliphatic rings. The molecule has 0 aromatic carbocycles. The van der Waals surface area contributed by atoms with Crippen LogP contribution in [0, 0.1) is 17.8 Å². The maximum absolute atomic E-state index is 10.6. The molecule has 0 saturated heterocycles. The Morgan fingerprint density at radius 2 is 0.618 bits per heavy atom. The van der Waals surface area contributed by atoms with E-state index in [2.05, 4.69) is 0 Å². The SMILES string of the molecule is CCC(C(C)=O)C(=O)C(=O)[O-].CCC(C(C)=O)C(=O)C(=O)[O-].CCC(C(C)=O)C(=O)C(=O)[O-].[Au+3]. The summed E-state index contributed by atoms with van der Waals surface area (Å²) in [5.74, 6) is -13.1. The van der Waals surface area contributed by atoms with Crippen molar-refractivity contribution in [3.05, 3.63) is 0 Å². The zero-order valence-corrected chi connectivity index (χ0v) is 21.7. The number of carbonyl (C=O) groups is 9. The van der Waals surface area contributed by atoms with Crippen LogP contribution in [-0.4, -0.2) is 52.6 Å². The molecule has 12 nitrogen and oxygen atoms in total. The first-order chi connectivity index (χ1) is 15.0. The quantitative estimate of drug-likeness (QED) is 0.114. The van der Waals surface area contributed by atoms with Gasteiger partial charge in [-0.25, -0.2) is 0 Å². The average Bonchev–Trinajstić information content (AvgIpc) is 2.69. The van der Waals surface area contributed by atoms with Crippen molar-refractivity contribution in [1.29, 1.82) is 0 Å². The smallest absolute Gasteiger partial charge is 0.542 e. The molecule has 0 rings (SSSR count). The summed E-state index contributed by atoms with van der Waals surface area (Å²) in [6.07, 6.45) is 0.631. The van der Waals surface area contributed by atoms with E-state index in [4.69, 9.17) is 0 Å². The van der Waals surface area contributed by atoms with Gasteiger partial charge in [-0.3, -0.25) is 28.8 Å². The minimum absolute atomic E-state index is 0. The zero-order valence-electron chi connectivity index (χ0n) is 19.6. The molecular weight excluding hydrogens is 641 g/mol. The summed E-state index contributed by atoms with van der Waals surface area (Å²) in [6, 6.07) is 0. The van der Waals surface area contributed by atoms with Crippen LogP contribution in [0.3, 0.4) is 0 Å². The van der Waals surface area contributed by atoms with Crippen molar-refractivity contribution in [3.63, 3.8) is 0 Å². The van der Waals surface area contributed by atoms with Crippen LogP contribution in [0.15, 0.2) is 0 Å². The largest absolute Gasteiger partial charge is 3.00 e. The Morgan fingerprint density at radius 1 is 0.471 bits per heavy atom. The molecular formula is C21H27AuO12. The van der Waals surface area contributed by atoms with Crippen molar-refractivity contribution in [3.8, 4) is 0 Å². The van der Waals surface area contributed by atoms with E-state index in [1.165, 1.54) is 20.8 Å². The Kier molecular flexibility index (Phi) is 22.2. The first-order valence-electron chi connectivity index (χ1n) is 9.78. The third-order valence-electron chi connectivity index (χ3n) is 4.25. The third-order valence-corrected chi connectivity index (χ3v) is 4.25. The first-order valence-corrected chi connectivity index (χ1v) is 9.78. The number of carbonyl (C=O) groups excluding carboxylic acids is 9. The fourth-order valence-corrected chi connectivity index (χ4v) is 2.40. The van der Waals surface area contributed by atoms with Crippen molar-refractivity contribution in [2.24, 2.45) is 17.8 Å². The van der Waals surface area contributed by atoms with Crippen molar-refractivity contribution in [1.82, 2.24) is 0 Å². The number of ketones is 6. The van der Waals surface area contributed by atoms with E-state index in [0.29, 0.717) is 0 Å². The second-order valence-corrected chi connectivity index (χ2v) is 6.67. The van der Waals surface area contributed by atoms with Gasteiger partial charge in [0.05, 0.1) is 17.8 Å². The van der Waals surface area contributed by atoms with E-state index in [9.17, 15) is 58.5 Å².